The molecule has 6 heteroatoms. The summed E-state index contributed by atoms with van der Waals surface area (Å²) in [4.78, 5) is 5.24. The molecule has 1 heterocycles. The highest BCUT2D eigenvalue weighted by atomic mass is 79.9. The topological polar surface area (TPSA) is 38.9 Å². The molecule has 0 aliphatic rings. The molecule has 0 atom stereocenters. The van der Waals surface area contributed by atoms with Crippen molar-refractivity contribution in [1.29, 1.82) is 0 Å². The molecule has 0 aliphatic carbocycles. The highest BCUT2D eigenvalue weighted by Gasteiger charge is 2.08. The van der Waals surface area contributed by atoms with Gasteiger partial charge < -0.3 is 4.74 Å². The average molecular weight is 430 g/mol. The van der Waals surface area contributed by atoms with Crippen LogP contribution in [0.3, 0.4) is 0 Å². The van der Waals surface area contributed by atoms with Gasteiger partial charge in [-0.3, -0.25) is 4.99 Å². The maximum atomic E-state index is 5.21. The molecular weight excluding hydrogens is 410 g/mol. The van der Waals surface area contributed by atoms with Gasteiger partial charge in [0.1, 0.15) is 5.75 Å². The van der Waals surface area contributed by atoms with Crippen LogP contribution < -0.4 is 9.54 Å². The molecule has 0 saturated heterocycles. The molecule has 0 amide bonds. The molecule has 134 valence electrons. The first kappa shape index (κ1) is 18.6. The summed E-state index contributed by atoms with van der Waals surface area (Å²) in [5.41, 5.74) is 4.36. The lowest BCUT2D eigenvalue weighted by Gasteiger charge is -2.07. The number of benzene rings is 2. The summed E-state index contributed by atoms with van der Waals surface area (Å²) in [6.07, 6.45) is 0.774. The first-order chi connectivity index (χ1) is 12.6. The Labute approximate surface area is 165 Å². The first-order valence-electron chi connectivity index (χ1n) is 8.17. The van der Waals surface area contributed by atoms with Crippen molar-refractivity contribution in [2.75, 3.05) is 14.2 Å². The van der Waals surface area contributed by atoms with E-state index in [0.29, 0.717) is 0 Å². The van der Waals surface area contributed by atoms with Gasteiger partial charge in [-0.05, 0) is 36.8 Å². The molecule has 2 aromatic carbocycles. The van der Waals surface area contributed by atoms with E-state index in [1.54, 1.807) is 25.5 Å². The van der Waals surface area contributed by atoms with E-state index in [4.69, 9.17) is 9.84 Å². The molecule has 0 bridgehead atoms. The van der Waals surface area contributed by atoms with Crippen molar-refractivity contribution in [2.24, 2.45) is 10.1 Å². The van der Waals surface area contributed by atoms with Crippen LogP contribution in [0, 0.1) is 0 Å². The summed E-state index contributed by atoms with van der Waals surface area (Å²) in [5.74, 6) is 0.861. The van der Waals surface area contributed by atoms with Gasteiger partial charge in [0, 0.05) is 34.6 Å². The molecule has 4 nitrogen and oxygen atoms in total. The van der Waals surface area contributed by atoms with E-state index in [1.165, 1.54) is 5.56 Å². The third-order valence-electron chi connectivity index (χ3n) is 3.91. The lowest BCUT2D eigenvalue weighted by molar-refractivity contribution is 0.414. The lowest BCUT2D eigenvalue weighted by atomic mass is 10.1. The molecular formula is C20H20BrN3OS. The van der Waals surface area contributed by atoms with Crippen molar-refractivity contribution < 1.29 is 4.74 Å². The minimum Gasteiger partial charge on any atom is -0.497 e. The Morgan fingerprint density at radius 2 is 1.81 bits per heavy atom. The Kier molecular flexibility index (Phi) is 6.06. The van der Waals surface area contributed by atoms with Gasteiger partial charge in [-0.15, -0.1) is 11.3 Å². The molecule has 1 aromatic heterocycles. The fraction of sp³-hybridized carbons (Fsp3) is 0.200. The van der Waals surface area contributed by atoms with Crippen molar-refractivity contribution in [3.63, 3.8) is 0 Å². The SMILES string of the molecule is CN=c1scc(-c2ccc(Br)cc2)n1N=C(C)Cc1ccc(OC)cc1. The standard InChI is InChI=1S/C20H20BrN3OS/c1-14(12-15-4-10-18(25-3)11-5-15)23-24-19(13-26-20(24)22-2)16-6-8-17(21)9-7-16/h4-11,13H,12H2,1-3H3. The smallest absolute Gasteiger partial charge is 0.205 e. The van der Waals surface area contributed by atoms with Crippen LogP contribution in [0.15, 0.2) is 68.5 Å². The van der Waals surface area contributed by atoms with Gasteiger partial charge in [0.05, 0.1) is 12.8 Å². The van der Waals surface area contributed by atoms with E-state index < -0.39 is 0 Å². The van der Waals surface area contributed by atoms with Gasteiger partial charge in [-0.25, -0.2) is 4.68 Å². The molecule has 0 fully saturated rings. The van der Waals surface area contributed by atoms with Gasteiger partial charge in [0.25, 0.3) is 0 Å². The lowest BCUT2D eigenvalue weighted by Crippen LogP contribution is -2.14. The highest BCUT2D eigenvalue weighted by Crippen LogP contribution is 2.22. The van der Waals surface area contributed by atoms with Crippen molar-refractivity contribution in [1.82, 2.24) is 4.68 Å². The fourth-order valence-corrected chi connectivity index (χ4v) is 3.67. The normalized spacial score (nSPS) is 12.5. The second kappa shape index (κ2) is 8.47. The molecule has 3 aromatic rings. The molecule has 26 heavy (non-hydrogen) atoms. The van der Waals surface area contributed by atoms with Crippen molar-refractivity contribution in [2.45, 2.75) is 13.3 Å². The van der Waals surface area contributed by atoms with Crippen LogP contribution in [0.1, 0.15) is 12.5 Å². The summed E-state index contributed by atoms with van der Waals surface area (Å²) in [6, 6.07) is 16.3. The summed E-state index contributed by atoms with van der Waals surface area (Å²) in [6.45, 7) is 2.04. The number of hydrogen-bond acceptors (Lipinski definition) is 4. The minimum atomic E-state index is 0.774. The second-order valence-corrected chi connectivity index (χ2v) is 7.56. The zero-order valence-electron chi connectivity index (χ0n) is 14.9. The third-order valence-corrected chi connectivity index (χ3v) is 5.34. The number of halogens is 1. The summed E-state index contributed by atoms with van der Waals surface area (Å²) in [7, 11) is 3.47. The van der Waals surface area contributed by atoms with Crippen LogP contribution in [0.2, 0.25) is 0 Å². The molecule has 0 radical (unpaired) electrons. The van der Waals surface area contributed by atoms with Gasteiger partial charge in [-0.2, -0.15) is 5.10 Å². The van der Waals surface area contributed by atoms with E-state index in [1.807, 2.05) is 35.9 Å². The minimum absolute atomic E-state index is 0.774. The molecule has 0 spiro atoms. The number of nitrogens with zero attached hydrogens (tertiary/aromatic N) is 3. The Bertz CT molecular complexity index is 970. The fourth-order valence-electron chi connectivity index (χ4n) is 2.61. The maximum Gasteiger partial charge on any atom is 0.205 e. The predicted molar refractivity (Wildman–Crippen MR) is 112 cm³/mol. The van der Waals surface area contributed by atoms with Crippen LogP contribution in [0.5, 0.6) is 5.75 Å². The molecule has 3 rings (SSSR count). The van der Waals surface area contributed by atoms with E-state index in [2.05, 4.69) is 50.6 Å². The first-order valence-corrected chi connectivity index (χ1v) is 9.84. The van der Waals surface area contributed by atoms with Crippen molar-refractivity contribution >= 4 is 33.0 Å². The Hall–Kier alpha value is -2.18. The monoisotopic (exact) mass is 429 g/mol. The Morgan fingerprint density at radius 3 is 2.42 bits per heavy atom. The van der Waals surface area contributed by atoms with Crippen molar-refractivity contribution in [3.05, 3.63) is 68.7 Å². The summed E-state index contributed by atoms with van der Waals surface area (Å²) >= 11 is 5.07. The molecule has 0 N–H and O–H groups in total. The second-order valence-electron chi connectivity index (χ2n) is 5.81. The highest BCUT2D eigenvalue weighted by molar-refractivity contribution is 9.10. The van der Waals surface area contributed by atoms with Crippen LogP contribution in [-0.4, -0.2) is 24.5 Å². The number of ether oxygens (including phenoxy) is 1. The predicted octanol–water partition coefficient (Wildman–Crippen LogP) is 4.98. The third kappa shape index (κ3) is 4.31. The number of hydrogen-bond donors (Lipinski definition) is 0. The Balaban J connectivity index is 1.93. The van der Waals surface area contributed by atoms with Crippen molar-refractivity contribution in [3.8, 4) is 17.0 Å². The maximum absolute atomic E-state index is 5.21. The zero-order chi connectivity index (χ0) is 18.5. The van der Waals surface area contributed by atoms with Gasteiger partial charge in [0.2, 0.25) is 4.80 Å². The average Bonchev–Trinajstić information content (AvgIpc) is 3.05. The molecule has 0 aliphatic heterocycles. The van der Waals surface area contributed by atoms with Gasteiger partial charge in [0.15, 0.2) is 0 Å². The largest absolute Gasteiger partial charge is 0.497 e. The molecule has 0 unspecified atom stereocenters. The van der Waals surface area contributed by atoms with E-state index in [0.717, 1.165) is 38.4 Å². The van der Waals surface area contributed by atoms with Gasteiger partial charge >= 0.3 is 0 Å². The summed E-state index contributed by atoms with van der Waals surface area (Å²) < 4.78 is 8.20. The molecule has 0 saturated carbocycles. The van der Waals surface area contributed by atoms with Gasteiger partial charge in [-0.1, -0.05) is 40.2 Å². The quantitative estimate of drug-likeness (QED) is 0.526. The number of rotatable bonds is 5. The van der Waals surface area contributed by atoms with Crippen LogP contribution in [0.4, 0.5) is 0 Å². The number of thiazole rings is 1. The van der Waals surface area contributed by atoms with Crippen LogP contribution in [-0.2, 0) is 6.42 Å². The van der Waals surface area contributed by atoms with Crippen LogP contribution >= 0.6 is 27.3 Å². The van der Waals surface area contributed by atoms with E-state index >= 15 is 0 Å². The number of aromatic nitrogens is 1. The van der Waals surface area contributed by atoms with E-state index in [-0.39, 0.29) is 0 Å². The number of methoxy groups -OCH3 is 1. The zero-order valence-corrected chi connectivity index (χ0v) is 17.3. The Morgan fingerprint density at radius 1 is 1.12 bits per heavy atom. The summed E-state index contributed by atoms with van der Waals surface area (Å²) in [5, 5.41) is 6.93. The van der Waals surface area contributed by atoms with Crippen LogP contribution in [0.25, 0.3) is 11.3 Å². The van der Waals surface area contributed by atoms with E-state index in [9.17, 15) is 0 Å².